The molecule has 0 aliphatic carbocycles. The molecular weight excluding hydrogens is 212 g/mol. The number of pyridine rings is 1. The Hall–Kier alpha value is -0.960. The molecule has 4 heteroatoms. The molecule has 1 heterocycles. The van der Waals surface area contributed by atoms with E-state index in [1.165, 1.54) is 4.57 Å². The van der Waals surface area contributed by atoms with E-state index in [2.05, 4.69) is 19.2 Å². The summed E-state index contributed by atoms with van der Waals surface area (Å²) in [6, 6.07) is 3.47. The van der Waals surface area contributed by atoms with Crippen molar-refractivity contribution in [3.8, 4) is 0 Å². The van der Waals surface area contributed by atoms with Crippen molar-refractivity contribution in [1.82, 2.24) is 4.57 Å². The van der Waals surface area contributed by atoms with E-state index >= 15 is 0 Å². The zero-order valence-corrected chi connectivity index (χ0v) is 10.1. The lowest BCUT2D eigenvalue weighted by molar-refractivity contribution is 0.450. The molecule has 1 rings (SSSR count). The van der Waals surface area contributed by atoms with Gasteiger partial charge in [-0.3, -0.25) is 4.79 Å². The maximum Gasteiger partial charge on any atom is 0.252 e. The summed E-state index contributed by atoms with van der Waals surface area (Å²) in [6.45, 7) is 4.91. The number of alkyl halides is 1. The molecule has 0 aromatic carbocycles. The van der Waals surface area contributed by atoms with Crippen molar-refractivity contribution in [2.75, 3.05) is 17.7 Å². The van der Waals surface area contributed by atoms with Crippen molar-refractivity contribution >= 4 is 17.3 Å². The van der Waals surface area contributed by atoms with Crippen LogP contribution in [0.25, 0.3) is 0 Å². The maximum atomic E-state index is 11.3. The molecule has 0 bridgehead atoms. The third kappa shape index (κ3) is 3.59. The SMILES string of the molecule is Cn1ccc(NCC(C)(C)CCl)cc1=O. The van der Waals surface area contributed by atoms with Crippen molar-refractivity contribution < 1.29 is 0 Å². The maximum absolute atomic E-state index is 11.3. The second-order valence-corrected chi connectivity index (χ2v) is 4.78. The first-order valence-electron chi connectivity index (χ1n) is 4.91. The minimum atomic E-state index is -0.0105. The lowest BCUT2D eigenvalue weighted by Gasteiger charge is -2.22. The van der Waals surface area contributed by atoms with Crippen LogP contribution in [0.3, 0.4) is 0 Å². The molecule has 0 unspecified atom stereocenters. The third-order valence-electron chi connectivity index (χ3n) is 2.24. The van der Waals surface area contributed by atoms with Crippen LogP contribution in [0.15, 0.2) is 23.1 Å². The van der Waals surface area contributed by atoms with Crippen LogP contribution in [-0.2, 0) is 7.05 Å². The van der Waals surface area contributed by atoms with Gasteiger partial charge >= 0.3 is 0 Å². The smallest absolute Gasteiger partial charge is 0.252 e. The monoisotopic (exact) mass is 228 g/mol. The van der Waals surface area contributed by atoms with E-state index in [1.54, 1.807) is 19.3 Å². The largest absolute Gasteiger partial charge is 0.384 e. The van der Waals surface area contributed by atoms with E-state index in [4.69, 9.17) is 11.6 Å². The average molecular weight is 229 g/mol. The van der Waals surface area contributed by atoms with Gasteiger partial charge in [0.2, 0.25) is 0 Å². The Morgan fingerprint density at radius 1 is 1.53 bits per heavy atom. The number of nitrogens with one attached hydrogen (secondary N) is 1. The number of aryl methyl sites for hydroxylation is 1. The van der Waals surface area contributed by atoms with Gasteiger partial charge in [-0.1, -0.05) is 13.8 Å². The molecule has 0 aliphatic heterocycles. The zero-order valence-electron chi connectivity index (χ0n) is 9.38. The van der Waals surface area contributed by atoms with Gasteiger partial charge < -0.3 is 9.88 Å². The Kier molecular flexibility index (Phi) is 3.80. The van der Waals surface area contributed by atoms with E-state index in [0.29, 0.717) is 5.88 Å². The lowest BCUT2D eigenvalue weighted by Crippen LogP contribution is -2.25. The van der Waals surface area contributed by atoms with Crippen molar-refractivity contribution in [2.24, 2.45) is 12.5 Å². The first-order chi connectivity index (χ1) is 6.94. The Balaban J connectivity index is 2.66. The van der Waals surface area contributed by atoms with Crippen molar-refractivity contribution in [2.45, 2.75) is 13.8 Å². The number of anilines is 1. The minimum absolute atomic E-state index is 0.0105. The summed E-state index contributed by atoms with van der Waals surface area (Å²) >= 11 is 5.81. The number of halogens is 1. The Morgan fingerprint density at radius 3 is 2.73 bits per heavy atom. The van der Waals surface area contributed by atoms with Crippen molar-refractivity contribution in [3.05, 3.63) is 28.7 Å². The van der Waals surface area contributed by atoms with Crippen LogP contribution < -0.4 is 10.9 Å². The molecule has 0 fully saturated rings. The average Bonchev–Trinajstić information content (AvgIpc) is 2.20. The molecule has 0 aliphatic rings. The molecule has 84 valence electrons. The molecule has 0 atom stereocenters. The minimum Gasteiger partial charge on any atom is -0.384 e. The quantitative estimate of drug-likeness (QED) is 0.801. The summed E-state index contributed by atoms with van der Waals surface area (Å²) in [6.07, 6.45) is 1.75. The standard InChI is InChI=1S/C11H17ClN2O/c1-11(2,7-12)8-13-9-4-5-14(3)10(15)6-9/h4-6,13H,7-8H2,1-3H3. The highest BCUT2D eigenvalue weighted by Gasteiger charge is 2.15. The Morgan fingerprint density at radius 2 is 2.20 bits per heavy atom. The molecule has 0 saturated heterocycles. The van der Waals surface area contributed by atoms with Crippen LogP contribution in [0, 0.1) is 5.41 Å². The van der Waals surface area contributed by atoms with E-state index in [-0.39, 0.29) is 11.0 Å². The van der Waals surface area contributed by atoms with Crippen LogP contribution >= 0.6 is 11.6 Å². The Labute approximate surface area is 95.1 Å². The number of rotatable bonds is 4. The van der Waals surface area contributed by atoms with E-state index < -0.39 is 0 Å². The third-order valence-corrected chi connectivity index (χ3v) is 2.96. The van der Waals surface area contributed by atoms with E-state index in [0.717, 1.165) is 12.2 Å². The fourth-order valence-electron chi connectivity index (χ4n) is 1.05. The van der Waals surface area contributed by atoms with Crippen molar-refractivity contribution in [1.29, 1.82) is 0 Å². The van der Waals surface area contributed by atoms with Gasteiger partial charge in [-0.15, -0.1) is 11.6 Å². The molecule has 0 saturated carbocycles. The molecule has 1 aromatic rings. The number of nitrogens with zero attached hydrogens (tertiary/aromatic N) is 1. The summed E-state index contributed by atoms with van der Waals surface area (Å²) in [5.41, 5.74) is 0.864. The highest BCUT2D eigenvalue weighted by molar-refractivity contribution is 6.18. The highest BCUT2D eigenvalue weighted by atomic mass is 35.5. The van der Waals surface area contributed by atoms with Gasteiger partial charge in [0.05, 0.1) is 0 Å². The summed E-state index contributed by atoms with van der Waals surface area (Å²) < 4.78 is 1.54. The fraction of sp³-hybridized carbons (Fsp3) is 0.545. The molecule has 1 N–H and O–H groups in total. The van der Waals surface area contributed by atoms with Gasteiger partial charge in [0.15, 0.2) is 0 Å². The summed E-state index contributed by atoms with van der Waals surface area (Å²) in [5.74, 6) is 0.588. The summed E-state index contributed by atoms with van der Waals surface area (Å²) in [4.78, 5) is 11.3. The fourth-order valence-corrected chi connectivity index (χ4v) is 1.14. The number of hydrogen-bond acceptors (Lipinski definition) is 2. The molecule has 0 spiro atoms. The summed E-state index contributed by atoms with van der Waals surface area (Å²) in [7, 11) is 1.73. The van der Waals surface area contributed by atoms with Crippen LogP contribution in [0.5, 0.6) is 0 Å². The Bertz CT molecular complexity index is 384. The first-order valence-corrected chi connectivity index (χ1v) is 5.44. The van der Waals surface area contributed by atoms with Gasteiger partial charge in [-0.05, 0) is 11.5 Å². The van der Waals surface area contributed by atoms with Crippen LogP contribution in [-0.4, -0.2) is 17.0 Å². The van der Waals surface area contributed by atoms with Crippen LogP contribution in [0.2, 0.25) is 0 Å². The van der Waals surface area contributed by atoms with Gasteiger partial charge in [0.1, 0.15) is 0 Å². The molecule has 15 heavy (non-hydrogen) atoms. The zero-order chi connectivity index (χ0) is 11.5. The molecule has 3 nitrogen and oxygen atoms in total. The normalized spacial score (nSPS) is 11.5. The van der Waals surface area contributed by atoms with Crippen LogP contribution in [0.4, 0.5) is 5.69 Å². The van der Waals surface area contributed by atoms with E-state index in [9.17, 15) is 4.79 Å². The second kappa shape index (κ2) is 4.71. The highest BCUT2D eigenvalue weighted by Crippen LogP contribution is 2.17. The lowest BCUT2D eigenvalue weighted by atomic mass is 9.96. The first kappa shape index (κ1) is 12.1. The van der Waals surface area contributed by atoms with Gasteiger partial charge in [0, 0.05) is 37.4 Å². The van der Waals surface area contributed by atoms with Crippen LogP contribution in [0.1, 0.15) is 13.8 Å². The van der Waals surface area contributed by atoms with Crippen molar-refractivity contribution in [3.63, 3.8) is 0 Å². The second-order valence-electron chi connectivity index (χ2n) is 4.52. The predicted molar refractivity (Wildman–Crippen MR) is 64.7 cm³/mol. The van der Waals surface area contributed by atoms with Gasteiger partial charge in [-0.2, -0.15) is 0 Å². The topological polar surface area (TPSA) is 34.0 Å². The number of aromatic nitrogens is 1. The molecule has 1 aromatic heterocycles. The predicted octanol–water partition coefficient (Wildman–Crippen LogP) is 2.06. The molecular formula is C11H17ClN2O. The van der Waals surface area contributed by atoms with Gasteiger partial charge in [0.25, 0.3) is 5.56 Å². The molecule has 0 amide bonds. The van der Waals surface area contributed by atoms with E-state index in [1.807, 2.05) is 6.07 Å². The summed E-state index contributed by atoms with van der Waals surface area (Å²) in [5, 5.41) is 3.21. The number of hydrogen-bond donors (Lipinski definition) is 1. The molecule has 0 radical (unpaired) electrons. The van der Waals surface area contributed by atoms with Gasteiger partial charge in [-0.25, -0.2) is 0 Å².